The summed E-state index contributed by atoms with van der Waals surface area (Å²) in [7, 11) is 0. The van der Waals surface area contributed by atoms with Gasteiger partial charge in [0, 0.05) is 6.42 Å². The molecule has 1 aromatic rings. The molecule has 1 aliphatic rings. The normalized spacial score (nSPS) is 22.9. The van der Waals surface area contributed by atoms with Crippen molar-refractivity contribution in [2.75, 3.05) is 0 Å². The van der Waals surface area contributed by atoms with E-state index < -0.39 is 10.1 Å². The van der Waals surface area contributed by atoms with Gasteiger partial charge in [0.15, 0.2) is 4.33 Å². The minimum atomic E-state index is -2.05. The van der Waals surface area contributed by atoms with Crippen molar-refractivity contribution in [2.45, 2.75) is 23.0 Å². The third-order valence-electron chi connectivity index (χ3n) is 2.60. The number of hydrogen-bond donors (Lipinski definition) is 2. The number of benzene rings is 1. The lowest BCUT2D eigenvalue weighted by Crippen LogP contribution is -2.47. The highest BCUT2D eigenvalue weighted by Crippen LogP contribution is 2.49. The zero-order valence-corrected chi connectivity index (χ0v) is 8.89. The molecule has 2 rings (SSSR count). The van der Waals surface area contributed by atoms with E-state index in [0.29, 0.717) is 12.0 Å². The molecule has 1 aliphatic carbocycles. The first-order valence-electron chi connectivity index (χ1n) is 4.36. The van der Waals surface area contributed by atoms with Crippen molar-refractivity contribution in [3.8, 4) is 0 Å². The van der Waals surface area contributed by atoms with E-state index in [-0.39, 0.29) is 6.42 Å². The molecule has 0 radical (unpaired) electrons. The molecule has 0 aliphatic heterocycles. The standard InChI is InChI=1S/C10H10Cl2O2/c11-10(12)8-4-2-1-3-7(8)5-6-9(10,13)14/h1-4,13-14H,5-6H2. The minimum absolute atomic E-state index is 0.150. The Bertz CT molecular complexity index is 361. The summed E-state index contributed by atoms with van der Waals surface area (Å²) in [6.07, 6.45) is 0.724. The quantitative estimate of drug-likeness (QED) is 0.531. The van der Waals surface area contributed by atoms with Gasteiger partial charge < -0.3 is 10.2 Å². The second-order valence-corrected chi connectivity index (χ2v) is 4.88. The molecule has 4 heteroatoms. The third-order valence-corrected chi connectivity index (χ3v) is 3.61. The van der Waals surface area contributed by atoms with Crippen LogP contribution in [-0.4, -0.2) is 16.0 Å². The number of rotatable bonds is 0. The van der Waals surface area contributed by atoms with E-state index in [1.807, 2.05) is 12.1 Å². The predicted molar refractivity (Wildman–Crippen MR) is 55.3 cm³/mol. The summed E-state index contributed by atoms with van der Waals surface area (Å²) in [6.45, 7) is 0. The maximum atomic E-state index is 9.64. The first-order chi connectivity index (χ1) is 6.45. The smallest absolute Gasteiger partial charge is 0.201 e. The van der Waals surface area contributed by atoms with E-state index in [9.17, 15) is 10.2 Å². The van der Waals surface area contributed by atoms with Crippen molar-refractivity contribution >= 4 is 23.2 Å². The van der Waals surface area contributed by atoms with E-state index in [1.165, 1.54) is 0 Å². The van der Waals surface area contributed by atoms with E-state index in [4.69, 9.17) is 23.2 Å². The number of aryl methyl sites for hydroxylation is 1. The number of hydrogen-bond acceptors (Lipinski definition) is 2. The van der Waals surface area contributed by atoms with E-state index in [2.05, 4.69) is 0 Å². The minimum Gasteiger partial charge on any atom is -0.363 e. The molecular formula is C10H10Cl2O2. The van der Waals surface area contributed by atoms with Crippen molar-refractivity contribution in [3.63, 3.8) is 0 Å². The molecule has 2 N–H and O–H groups in total. The maximum absolute atomic E-state index is 9.64. The Labute approximate surface area is 92.1 Å². The van der Waals surface area contributed by atoms with Crippen LogP contribution >= 0.6 is 23.2 Å². The van der Waals surface area contributed by atoms with Gasteiger partial charge in [0.1, 0.15) is 0 Å². The van der Waals surface area contributed by atoms with Gasteiger partial charge in [-0.25, -0.2) is 0 Å². The zero-order chi connectivity index (χ0) is 10.4. The molecule has 0 amide bonds. The summed E-state index contributed by atoms with van der Waals surface area (Å²) in [5, 5.41) is 19.3. The molecule has 0 spiro atoms. The molecule has 2 nitrogen and oxygen atoms in total. The SMILES string of the molecule is OC1(O)CCc2ccccc2C1(Cl)Cl. The van der Waals surface area contributed by atoms with Gasteiger partial charge in [0.05, 0.1) is 0 Å². The first kappa shape index (κ1) is 10.2. The molecule has 0 aromatic heterocycles. The van der Waals surface area contributed by atoms with Crippen molar-refractivity contribution < 1.29 is 10.2 Å². The summed E-state index contributed by atoms with van der Waals surface area (Å²) in [5.41, 5.74) is 1.55. The van der Waals surface area contributed by atoms with Gasteiger partial charge >= 0.3 is 0 Å². The van der Waals surface area contributed by atoms with Gasteiger partial charge in [-0.1, -0.05) is 47.5 Å². The average molecular weight is 233 g/mol. The number of aliphatic hydroxyl groups is 2. The largest absolute Gasteiger partial charge is 0.363 e. The second kappa shape index (κ2) is 3.11. The van der Waals surface area contributed by atoms with E-state index in [0.717, 1.165) is 5.56 Å². The lowest BCUT2D eigenvalue weighted by molar-refractivity contribution is -0.181. The highest BCUT2D eigenvalue weighted by Gasteiger charge is 2.51. The molecule has 0 saturated heterocycles. The van der Waals surface area contributed by atoms with Crippen molar-refractivity contribution in [2.24, 2.45) is 0 Å². The monoisotopic (exact) mass is 232 g/mol. The van der Waals surface area contributed by atoms with Crippen LogP contribution in [0, 0.1) is 0 Å². The fourth-order valence-electron chi connectivity index (χ4n) is 1.73. The number of fused-ring (bicyclic) bond motifs is 1. The molecule has 76 valence electrons. The summed E-state index contributed by atoms with van der Waals surface area (Å²) in [6, 6.07) is 7.27. The zero-order valence-electron chi connectivity index (χ0n) is 7.37. The van der Waals surface area contributed by atoms with Crippen LogP contribution in [0.2, 0.25) is 0 Å². The molecule has 0 heterocycles. The summed E-state index contributed by atoms with van der Waals surface area (Å²) in [5.74, 6) is -2.05. The second-order valence-electron chi connectivity index (χ2n) is 3.55. The lowest BCUT2D eigenvalue weighted by Gasteiger charge is -2.39. The molecular weight excluding hydrogens is 223 g/mol. The van der Waals surface area contributed by atoms with Crippen molar-refractivity contribution in [3.05, 3.63) is 35.4 Å². The van der Waals surface area contributed by atoms with Crippen molar-refractivity contribution in [1.82, 2.24) is 0 Å². The van der Waals surface area contributed by atoms with Crippen LogP contribution in [0.1, 0.15) is 17.5 Å². The van der Waals surface area contributed by atoms with Gasteiger partial charge in [-0.15, -0.1) is 0 Å². The summed E-state index contributed by atoms with van der Waals surface area (Å²) < 4.78 is -1.64. The predicted octanol–water partition coefficient (Wildman–Crippen LogP) is 1.94. The fraction of sp³-hybridized carbons (Fsp3) is 0.400. The van der Waals surface area contributed by atoms with Crippen LogP contribution in [-0.2, 0) is 10.8 Å². The summed E-state index contributed by atoms with van der Waals surface area (Å²) >= 11 is 11.9. The first-order valence-corrected chi connectivity index (χ1v) is 5.12. The fourth-order valence-corrected chi connectivity index (χ4v) is 2.28. The maximum Gasteiger partial charge on any atom is 0.201 e. The Hall–Kier alpha value is -0.280. The Morgan fingerprint density at radius 3 is 2.50 bits per heavy atom. The van der Waals surface area contributed by atoms with Gasteiger partial charge in [-0.3, -0.25) is 0 Å². The summed E-state index contributed by atoms with van der Waals surface area (Å²) in [4.78, 5) is 0. The van der Waals surface area contributed by atoms with Gasteiger partial charge in [-0.2, -0.15) is 0 Å². The van der Waals surface area contributed by atoms with Crippen molar-refractivity contribution in [1.29, 1.82) is 0 Å². The van der Waals surface area contributed by atoms with Gasteiger partial charge in [-0.05, 0) is 17.5 Å². The lowest BCUT2D eigenvalue weighted by atomic mass is 9.86. The Morgan fingerprint density at radius 2 is 1.79 bits per heavy atom. The average Bonchev–Trinajstić information content (AvgIpc) is 2.13. The molecule has 0 atom stereocenters. The highest BCUT2D eigenvalue weighted by molar-refractivity contribution is 6.49. The molecule has 0 saturated carbocycles. The Balaban J connectivity index is 2.57. The number of halogens is 2. The van der Waals surface area contributed by atoms with Crippen LogP contribution in [0.15, 0.2) is 24.3 Å². The Kier molecular flexibility index (Phi) is 2.27. The molecule has 1 aromatic carbocycles. The van der Waals surface area contributed by atoms with Gasteiger partial charge in [0.2, 0.25) is 5.79 Å². The van der Waals surface area contributed by atoms with Crippen LogP contribution in [0.25, 0.3) is 0 Å². The van der Waals surface area contributed by atoms with Crippen LogP contribution < -0.4 is 0 Å². The molecule has 0 bridgehead atoms. The molecule has 0 fully saturated rings. The van der Waals surface area contributed by atoms with E-state index >= 15 is 0 Å². The van der Waals surface area contributed by atoms with E-state index in [1.54, 1.807) is 12.1 Å². The Morgan fingerprint density at radius 1 is 1.14 bits per heavy atom. The molecule has 0 unspecified atom stereocenters. The molecule has 14 heavy (non-hydrogen) atoms. The topological polar surface area (TPSA) is 40.5 Å². The van der Waals surface area contributed by atoms with Crippen LogP contribution in [0.3, 0.4) is 0 Å². The van der Waals surface area contributed by atoms with Gasteiger partial charge in [0.25, 0.3) is 0 Å². The third kappa shape index (κ3) is 1.34. The number of alkyl halides is 2. The van der Waals surface area contributed by atoms with Crippen LogP contribution in [0.4, 0.5) is 0 Å². The van der Waals surface area contributed by atoms with Crippen LogP contribution in [0.5, 0.6) is 0 Å². The highest BCUT2D eigenvalue weighted by atomic mass is 35.5.